The smallest absolute Gasteiger partial charge is 0.303 e. The van der Waals surface area contributed by atoms with Crippen LogP contribution in [0, 0.1) is 16.0 Å². The zero-order chi connectivity index (χ0) is 10.7. The SMILES string of the molecule is O=C(O)CC1CCC(O)C([N+](=O)[O-])C1. The summed E-state index contributed by atoms with van der Waals surface area (Å²) in [4.78, 5) is 20.4. The minimum atomic E-state index is -0.993. The number of carboxylic acid groups (broad SMARTS) is 1. The standard InChI is InChI=1S/C8H13NO5/c10-7-2-1-5(4-8(11)12)3-6(7)9(13)14/h5-7,10H,1-4H2,(H,11,12). The van der Waals surface area contributed by atoms with Gasteiger partial charge in [0.05, 0.1) is 0 Å². The minimum absolute atomic E-state index is 0.0446. The normalized spacial score (nSPS) is 32.5. The number of aliphatic hydroxyl groups is 1. The summed E-state index contributed by atoms with van der Waals surface area (Å²) in [6.07, 6.45) is 0.0777. The number of hydrogen-bond donors (Lipinski definition) is 2. The van der Waals surface area contributed by atoms with E-state index >= 15 is 0 Å². The molecule has 0 spiro atoms. The van der Waals surface area contributed by atoms with Crippen molar-refractivity contribution in [1.82, 2.24) is 0 Å². The van der Waals surface area contributed by atoms with Gasteiger partial charge in [-0.1, -0.05) is 0 Å². The van der Waals surface area contributed by atoms with Crippen LogP contribution in [0.4, 0.5) is 0 Å². The lowest BCUT2D eigenvalue weighted by atomic mass is 9.82. The zero-order valence-electron chi connectivity index (χ0n) is 7.63. The largest absolute Gasteiger partial charge is 0.481 e. The fourth-order valence-corrected chi connectivity index (χ4v) is 1.87. The van der Waals surface area contributed by atoms with Crippen LogP contribution in [-0.4, -0.2) is 33.3 Å². The molecule has 1 saturated carbocycles. The van der Waals surface area contributed by atoms with Crippen LogP contribution in [0.15, 0.2) is 0 Å². The molecule has 1 aliphatic rings. The second kappa shape index (κ2) is 4.36. The molecule has 80 valence electrons. The third-order valence-electron chi connectivity index (χ3n) is 2.62. The van der Waals surface area contributed by atoms with Crippen molar-refractivity contribution >= 4 is 5.97 Å². The topological polar surface area (TPSA) is 101 Å². The molecule has 0 bridgehead atoms. The van der Waals surface area contributed by atoms with E-state index in [2.05, 4.69) is 0 Å². The van der Waals surface area contributed by atoms with Crippen LogP contribution >= 0.6 is 0 Å². The monoisotopic (exact) mass is 203 g/mol. The molecule has 6 heteroatoms. The summed E-state index contributed by atoms with van der Waals surface area (Å²) in [7, 11) is 0. The predicted molar refractivity (Wildman–Crippen MR) is 46.4 cm³/mol. The number of aliphatic hydroxyl groups excluding tert-OH is 1. The van der Waals surface area contributed by atoms with Crippen molar-refractivity contribution in [3.8, 4) is 0 Å². The Balaban J connectivity index is 2.53. The van der Waals surface area contributed by atoms with Crippen LogP contribution in [0.25, 0.3) is 0 Å². The van der Waals surface area contributed by atoms with E-state index in [-0.39, 0.29) is 18.8 Å². The summed E-state index contributed by atoms with van der Waals surface area (Å²) in [5.41, 5.74) is 0. The van der Waals surface area contributed by atoms with Gasteiger partial charge >= 0.3 is 5.97 Å². The van der Waals surface area contributed by atoms with Gasteiger partial charge in [0, 0.05) is 17.8 Å². The lowest BCUT2D eigenvalue weighted by molar-refractivity contribution is -0.539. The summed E-state index contributed by atoms with van der Waals surface area (Å²) in [5.74, 6) is -1.11. The molecule has 1 aliphatic carbocycles. The van der Waals surface area contributed by atoms with E-state index in [1.165, 1.54) is 0 Å². The van der Waals surface area contributed by atoms with Gasteiger partial charge in [0.2, 0.25) is 6.04 Å². The number of aliphatic carboxylic acids is 1. The van der Waals surface area contributed by atoms with E-state index in [1.807, 2.05) is 0 Å². The van der Waals surface area contributed by atoms with E-state index in [0.717, 1.165) is 0 Å². The molecule has 0 radical (unpaired) electrons. The van der Waals surface area contributed by atoms with E-state index < -0.39 is 23.0 Å². The maximum Gasteiger partial charge on any atom is 0.303 e. The summed E-state index contributed by atoms with van der Waals surface area (Å²) in [6.45, 7) is 0. The van der Waals surface area contributed by atoms with Crippen LogP contribution in [0.3, 0.4) is 0 Å². The quantitative estimate of drug-likeness (QED) is 0.506. The Kier molecular flexibility index (Phi) is 3.40. The van der Waals surface area contributed by atoms with Gasteiger partial charge in [0.25, 0.3) is 0 Å². The maximum absolute atomic E-state index is 10.5. The Hall–Kier alpha value is -1.17. The molecule has 3 atom stereocenters. The number of hydrogen-bond acceptors (Lipinski definition) is 4. The molecule has 0 aromatic rings. The molecule has 0 amide bonds. The van der Waals surface area contributed by atoms with E-state index in [4.69, 9.17) is 5.11 Å². The predicted octanol–water partition coefficient (Wildman–Crippen LogP) is 0.267. The molecule has 0 heterocycles. The number of nitro groups is 1. The summed E-state index contributed by atoms with van der Waals surface area (Å²) < 4.78 is 0. The van der Waals surface area contributed by atoms with Crippen molar-refractivity contribution in [3.05, 3.63) is 10.1 Å². The van der Waals surface area contributed by atoms with Gasteiger partial charge < -0.3 is 10.2 Å². The molecule has 3 unspecified atom stereocenters. The first-order valence-electron chi connectivity index (χ1n) is 4.54. The van der Waals surface area contributed by atoms with Gasteiger partial charge in [-0.3, -0.25) is 14.9 Å². The first-order valence-corrected chi connectivity index (χ1v) is 4.54. The van der Waals surface area contributed by atoms with Crippen LogP contribution in [-0.2, 0) is 4.79 Å². The Labute approximate surface area is 80.7 Å². The van der Waals surface area contributed by atoms with Crippen molar-refractivity contribution in [2.75, 3.05) is 0 Å². The summed E-state index contributed by atoms with van der Waals surface area (Å²) in [5, 5.41) is 28.3. The first kappa shape index (κ1) is 10.9. The Morgan fingerprint density at radius 3 is 2.64 bits per heavy atom. The summed E-state index contributed by atoms with van der Waals surface area (Å²) >= 11 is 0. The van der Waals surface area contributed by atoms with Crippen molar-refractivity contribution in [3.63, 3.8) is 0 Å². The van der Waals surface area contributed by atoms with Gasteiger partial charge in [0.1, 0.15) is 6.10 Å². The fourth-order valence-electron chi connectivity index (χ4n) is 1.87. The Morgan fingerprint density at radius 1 is 1.50 bits per heavy atom. The van der Waals surface area contributed by atoms with Crippen LogP contribution in [0.2, 0.25) is 0 Å². The molecular formula is C8H13NO5. The zero-order valence-corrected chi connectivity index (χ0v) is 7.63. The molecule has 0 aromatic heterocycles. The summed E-state index contributed by atoms with van der Waals surface area (Å²) in [6, 6.07) is -0.993. The Bertz CT molecular complexity index is 242. The second-order valence-electron chi connectivity index (χ2n) is 3.70. The highest BCUT2D eigenvalue weighted by atomic mass is 16.6. The molecule has 6 nitrogen and oxygen atoms in total. The minimum Gasteiger partial charge on any atom is -0.481 e. The van der Waals surface area contributed by atoms with Gasteiger partial charge in [-0.25, -0.2) is 0 Å². The molecule has 0 aliphatic heterocycles. The highest BCUT2D eigenvalue weighted by Crippen LogP contribution is 2.28. The number of nitrogens with zero attached hydrogens (tertiary/aromatic N) is 1. The molecule has 1 rings (SSSR count). The van der Waals surface area contributed by atoms with Gasteiger partial charge in [-0.15, -0.1) is 0 Å². The highest BCUT2D eigenvalue weighted by molar-refractivity contribution is 5.67. The third kappa shape index (κ3) is 2.66. The molecular weight excluding hydrogens is 190 g/mol. The Morgan fingerprint density at radius 2 is 2.14 bits per heavy atom. The van der Waals surface area contributed by atoms with E-state index in [0.29, 0.717) is 12.8 Å². The molecule has 1 fully saturated rings. The maximum atomic E-state index is 10.5. The number of carbonyl (C=O) groups is 1. The second-order valence-corrected chi connectivity index (χ2v) is 3.70. The van der Waals surface area contributed by atoms with Crippen molar-refractivity contribution < 1.29 is 19.9 Å². The molecule has 14 heavy (non-hydrogen) atoms. The van der Waals surface area contributed by atoms with Gasteiger partial charge in [-0.05, 0) is 18.8 Å². The van der Waals surface area contributed by atoms with Gasteiger partial charge in [-0.2, -0.15) is 0 Å². The fraction of sp³-hybridized carbons (Fsp3) is 0.875. The highest BCUT2D eigenvalue weighted by Gasteiger charge is 2.37. The molecule has 0 saturated heterocycles. The van der Waals surface area contributed by atoms with Crippen molar-refractivity contribution in [2.45, 2.75) is 37.8 Å². The van der Waals surface area contributed by atoms with Crippen molar-refractivity contribution in [2.24, 2.45) is 5.92 Å². The van der Waals surface area contributed by atoms with Crippen LogP contribution in [0.5, 0.6) is 0 Å². The molecule has 2 N–H and O–H groups in total. The average molecular weight is 203 g/mol. The first-order chi connectivity index (χ1) is 6.50. The lowest BCUT2D eigenvalue weighted by Crippen LogP contribution is -2.39. The number of carboxylic acids is 1. The van der Waals surface area contributed by atoms with Crippen LogP contribution in [0.1, 0.15) is 25.7 Å². The average Bonchev–Trinajstić information content (AvgIpc) is 2.07. The number of rotatable bonds is 3. The van der Waals surface area contributed by atoms with Crippen LogP contribution < -0.4 is 0 Å². The molecule has 0 aromatic carbocycles. The van der Waals surface area contributed by atoms with E-state index in [9.17, 15) is 20.0 Å². The van der Waals surface area contributed by atoms with Crippen molar-refractivity contribution in [1.29, 1.82) is 0 Å². The third-order valence-corrected chi connectivity index (χ3v) is 2.62. The van der Waals surface area contributed by atoms with E-state index in [1.54, 1.807) is 0 Å². The van der Waals surface area contributed by atoms with Gasteiger partial charge in [0.15, 0.2) is 0 Å². The lowest BCUT2D eigenvalue weighted by Gasteiger charge is -2.26.